The van der Waals surface area contributed by atoms with Gasteiger partial charge in [0.05, 0.1) is 19.9 Å². The van der Waals surface area contributed by atoms with Crippen molar-refractivity contribution in [3.63, 3.8) is 0 Å². The molecular formula is C18H21N3O2S. The first-order valence-corrected chi connectivity index (χ1v) is 7.89. The molecule has 0 aliphatic carbocycles. The highest BCUT2D eigenvalue weighted by atomic mass is 32.1. The van der Waals surface area contributed by atoms with Gasteiger partial charge in [-0.15, -0.1) is 0 Å². The fourth-order valence-corrected chi connectivity index (χ4v) is 2.22. The molecular weight excluding hydrogens is 322 g/mol. The summed E-state index contributed by atoms with van der Waals surface area (Å²) in [5, 5.41) is 7.88. The average Bonchev–Trinajstić information content (AvgIpc) is 2.64. The minimum absolute atomic E-state index is 0.458. The van der Waals surface area contributed by atoms with E-state index in [1.807, 2.05) is 55.5 Å². The monoisotopic (exact) mass is 343 g/mol. The van der Waals surface area contributed by atoms with Gasteiger partial charge in [-0.2, -0.15) is 5.10 Å². The van der Waals surface area contributed by atoms with Crippen LogP contribution >= 0.6 is 12.2 Å². The highest BCUT2D eigenvalue weighted by Crippen LogP contribution is 2.17. The molecule has 0 radical (unpaired) electrons. The van der Waals surface area contributed by atoms with Crippen molar-refractivity contribution < 1.29 is 9.47 Å². The first kappa shape index (κ1) is 17.7. The van der Waals surface area contributed by atoms with Crippen molar-refractivity contribution in [1.82, 2.24) is 10.7 Å². The van der Waals surface area contributed by atoms with E-state index in [1.165, 1.54) is 0 Å². The van der Waals surface area contributed by atoms with Crippen LogP contribution < -0.4 is 20.2 Å². The zero-order chi connectivity index (χ0) is 17.4. The smallest absolute Gasteiger partial charge is 0.187 e. The molecule has 2 aromatic carbocycles. The topological polar surface area (TPSA) is 54.9 Å². The van der Waals surface area contributed by atoms with Crippen LogP contribution in [0.3, 0.4) is 0 Å². The minimum atomic E-state index is 0.458. The van der Waals surface area contributed by atoms with Crippen molar-refractivity contribution in [2.45, 2.75) is 13.5 Å². The molecule has 0 bridgehead atoms. The summed E-state index contributed by atoms with van der Waals surface area (Å²) in [4.78, 5) is 0. The number of hydrogen-bond donors (Lipinski definition) is 2. The zero-order valence-electron chi connectivity index (χ0n) is 14.0. The van der Waals surface area contributed by atoms with Crippen LogP contribution in [0.15, 0.2) is 53.6 Å². The molecule has 0 spiro atoms. The van der Waals surface area contributed by atoms with E-state index >= 15 is 0 Å². The maximum atomic E-state index is 5.33. The van der Waals surface area contributed by atoms with Gasteiger partial charge in [0.1, 0.15) is 11.5 Å². The third-order valence-electron chi connectivity index (χ3n) is 3.43. The molecule has 0 heterocycles. The Bertz CT molecular complexity index is 714. The largest absolute Gasteiger partial charge is 0.497 e. The molecule has 0 amide bonds. The lowest BCUT2D eigenvalue weighted by atomic mass is 10.1. The van der Waals surface area contributed by atoms with Crippen LogP contribution in [-0.2, 0) is 6.54 Å². The fraction of sp³-hybridized carbons (Fsp3) is 0.222. The Labute approximate surface area is 147 Å². The molecule has 0 atom stereocenters. The summed E-state index contributed by atoms with van der Waals surface area (Å²) in [7, 11) is 3.29. The van der Waals surface area contributed by atoms with E-state index in [0.29, 0.717) is 11.7 Å². The molecule has 2 N–H and O–H groups in total. The Morgan fingerprint density at radius 1 is 1.04 bits per heavy atom. The van der Waals surface area contributed by atoms with Crippen LogP contribution in [0.5, 0.6) is 11.5 Å². The van der Waals surface area contributed by atoms with E-state index in [9.17, 15) is 0 Å². The van der Waals surface area contributed by atoms with Gasteiger partial charge in [-0.3, -0.25) is 5.43 Å². The normalized spacial score (nSPS) is 10.9. The van der Waals surface area contributed by atoms with Gasteiger partial charge in [0.2, 0.25) is 0 Å². The van der Waals surface area contributed by atoms with E-state index < -0.39 is 0 Å². The van der Waals surface area contributed by atoms with Crippen LogP contribution in [0.2, 0.25) is 0 Å². The predicted octanol–water partition coefficient (Wildman–Crippen LogP) is 3.09. The molecule has 5 nitrogen and oxygen atoms in total. The van der Waals surface area contributed by atoms with Gasteiger partial charge >= 0.3 is 0 Å². The Hall–Kier alpha value is -2.60. The van der Waals surface area contributed by atoms with Crippen molar-refractivity contribution in [2.24, 2.45) is 5.10 Å². The minimum Gasteiger partial charge on any atom is -0.497 e. The lowest BCUT2D eigenvalue weighted by molar-refractivity contribution is 0.414. The lowest BCUT2D eigenvalue weighted by Gasteiger charge is -2.10. The molecule has 0 aliphatic rings. The van der Waals surface area contributed by atoms with Crippen molar-refractivity contribution in [2.75, 3.05) is 14.2 Å². The second-order valence-corrected chi connectivity index (χ2v) is 5.45. The molecule has 126 valence electrons. The van der Waals surface area contributed by atoms with Gasteiger partial charge in [0.25, 0.3) is 0 Å². The van der Waals surface area contributed by atoms with E-state index in [-0.39, 0.29) is 0 Å². The quantitative estimate of drug-likeness (QED) is 0.480. The fourth-order valence-electron chi connectivity index (χ4n) is 2.10. The summed E-state index contributed by atoms with van der Waals surface area (Å²) >= 11 is 5.25. The SMILES string of the molecule is COc1ccc(CNC(=S)N/N=C(/C)c2ccccc2OC)cc1. The number of rotatable bonds is 6. The van der Waals surface area contributed by atoms with Crippen molar-refractivity contribution in [1.29, 1.82) is 0 Å². The molecule has 6 heteroatoms. The van der Waals surface area contributed by atoms with Gasteiger partial charge in [-0.05, 0) is 49.0 Å². The molecule has 0 aromatic heterocycles. The third kappa shape index (κ3) is 4.96. The molecule has 0 saturated heterocycles. The number of hydrogen-bond acceptors (Lipinski definition) is 4. The number of thiocarbonyl (C=S) groups is 1. The van der Waals surface area contributed by atoms with E-state index in [1.54, 1.807) is 14.2 Å². The Morgan fingerprint density at radius 3 is 2.42 bits per heavy atom. The van der Waals surface area contributed by atoms with Crippen LogP contribution in [-0.4, -0.2) is 25.0 Å². The molecule has 2 rings (SSSR count). The van der Waals surface area contributed by atoms with Crippen LogP contribution in [0.4, 0.5) is 0 Å². The van der Waals surface area contributed by atoms with Crippen molar-refractivity contribution in [3.05, 3.63) is 59.7 Å². The number of nitrogens with one attached hydrogen (secondary N) is 2. The molecule has 0 aliphatic heterocycles. The summed E-state index contributed by atoms with van der Waals surface area (Å²) < 4.78 is 10.5. The van der Waals surface area contributed by atoms with Crippen LogP contribution in [0.25, 0.3) is 0 Å². The second kappa shape index (κ2) is 8.88. The number of ether oxygens (including phenoxy) is 2. The van der Waals surface area contributed by atoms with Crippen LogP contribution in [0.1, 0.15) is 18.1 Å². The van der Waals surface area contributed by atoms with Gasteiger partial charge in [0.15, 0.2) is 5.11 Å². The van der Waals surface area contributed by atoms with Gasteiger partial charge in [0, 0.05) is 12.1 Å². The number of nitrogens with zero attached hydrogens (tertiary/aromatic N) is 1. The Kier molecular flexibility index (Phi) is 6.57. The molecule has 0 fully saturated rings. The molecule has 2 aromatic rings. The van der Waals surface area contributed by atoms with Gasteiger partial charge < -0.3 is 14.8 Å². The molecule has 0 unspecified atom stereocenters. The highest BCUT2D eigenvalue weighted by Gasteiger charge is 2.05. The standard InChI is InChI=1S/C18H21N3O2S/c1-13(16-6-4-5-7-17(16)23-3)20-21-18(24)19-12-14-8-10-15(22-2)11-9-14/h4-11H,12H2,1-3H3,(H2,19,21,24)/b20-13-. The average molecular weight is 343 g/mol. The zero-order valence-corrected chi connectivity index (χ0v) is 14.8. The van der Waals surface area contributed by atoms with Crippen molar-refractivity contribution in [3.8, 4) is 11.5 Å². The maximum Gasteiger partial charge on any atom is 0.187 e. The highest BCUT2D eigenvalue weighted by molar-refractivity contribution is 7.80. The van der Waals surface area contributed by atoms with Crippen molar-refractivity contribution >= 4 is 23.0 Å². The van der Waals surface area contributed by atoms with Gasteiger partial charge in [-0.1, -0.05) is 24.3 Å². The number of methoxy groups -OCH3 is 2. The first-order valence-electron chi connectivity index (χ1n) is 7.48. The maximum absolute atomic E-state index is 5.33. The molecule has 24 heavy (non-hydrogen) atoms. The van der Waals surface area contributed by atoms with Gasteiger partial charge in [-0.25, -0.2) is 0 Å². The predicted molar refractivity (Wildman–Crippen MR) is 101 cm³/mol. The van der Waals surface area contributed by atoms with E-state index in [2.05, 4.69) is 15.8 Å². The summed E-state index contributed by atoms with van der Waals surface area (Å²) in [5.41, 5.74) is 5.67. The molecule has 0 saturated carbocycles. The first-order chi connectivity index (χ1) is 11.6. The summed E-state index contributed by atoms with van der Waals surface area (Å²) in [6.07, 6.45) is 0. The summed E-state index contributed by atoms with van der Waals surface area (Å²) in [5.74, 6) is 1.61. The Balaban J connectivity index is 1.89. The second-order valence-electron chi connectivity index (χ2n) is 5.04. The van der Waals surface area contributed by atoms with E-state index in [0.717, 1.165) is 28.3 Å². The summed E-state index contributed by atoms with van der Waals surface area (Å²) in [6, 6.07) is 15.5. The number of para-hydroxylation sites is 1. The van der Waals surface area contributed by atoms with Crippen LogP contribution in [0, 0.1) is 0 Å². The lowest BCUT2D eigenvalue weighted by Crippen LogP contribution is -2.32. The number of hydrazone groups is 1. The van der Waals surface area contributed by atoms with E-state index in [4.69, 9.17) is 21.7 Å². The Morgan fingerprint density at radius 2 is 1.75 bits per heavy atom. The summed E-state index contributed by atoms with van der Waals surface area (Å²) in [6.45, 7) is 2.51. The third-order valence-corrected chi connectivity index (χ3v) is 3.67. The number of benzene rings is 2.